The van der Waals surface area contributed by atoms with E-state index in [-0.39, 0.29) is 6.03 Å². The highest BCUT2D eigenvalue weighted by Crippen LogP contribution is 2.36. The average Bonchev–Trinajstić information content (AvgIpc) is 2.75. The van der Waals surface area contributed by atoms with Crippen molar-refractivity contribution in [1.82, 2.24) is 10.2 Å². The molecule has 0 aromatic carbocycles. The van der Waals surface area contributed by atoms with Crippen LogP contribution >= 0.6 is 0 Å². The second-order valence-electron chi connectivity index (χ2n) is 5.72. The Hall–Kier alpha value is -0.730. The van der Waals surface area contributed by atoms with Crippen molar-refractivity contribution in [3.05, 3.63) is 0 Å². The van der Waals surface area contributed by atoms with Crippen LogP contribution in [0.1, 0.15) is 51.9 Å². The SMILES string of the molecule is CC1(CNC(=O)N2CCCCC2)CCCC1. The van der Waals surface area contributed by atoms with E-state index < -0.39 is 0 Å². The maximum Gasteiger partial charge on any atom is 0.317 e. The molecule has 2 fully saturated rings. The van der Waals surface area contributed by atoms with E-state index in [1.54, 1.807) is 0 Å². The zero-order chi connectivity index (χ0) is 11.4. The maximum atomic E-state index is 11.9. The Bertz CT molecular complexity index is 240. The number of piperidine rings is 1. The van der Waals surface area contributed by atoms with E-state index in [2.05, 4.69) is 12.2 Å². The summed E-state index contributed by atoms with van der Waals surface area (Å²) < 4.78 is 0. The molecule has 1 saturated carbocycles. The summed E-state index contributed by atoms with van der Waals surface area (Å²) in [6, 6.07) is 0.160. The lowest BCUT2D eigenvalue weighted by Crippen LogP contribution is -2.45. The minimum Gasteiger partial charge on any atom is -0.337 e. The molecule has 0 aromatic rings. The number of amides is 2. The molecule has 0 spiro atoms. The number of carbonyl (C=O) groups excluding carboxylic acids is 1. The molecule has 0 unspecified atom stereocenters. The van der Waals surface area contributed by atoms with Gasteiger partial charge in [0.1, 0.15) is 0 Å². The molecule has 92 valence electrons. The molecule has 2 rings (SSSR count). The number of carbonyl (C=O) groups is 1. The Morgan fingerprint density at radius 2 is 1.75 bits per heavy atom. The summed E-state index contributed by atoms with van der Waals surface area (Å²) >= 11 is 0. The highest BCUT2D eigenvalue weighted by molar-refractivity contribution is 5.74. The molecule has 0 bridgehead atoms. The fourth-order valence-electron chi connectivity index (χ4n) is 2.90. The van der Waals surface area contributed by atoms with Crippen molar-refractivity contribution in [2.45, 2.75) is 51.9 Å². The van der Waals surface area contributed by atoms with Crippen molar-refractivity contribution >= 4 is 6.03 Å². The van der Waals surface area contributed by atoms with Gasteiger partial charge in [-0.1, -0.05) is 19.8 Å². The average molecular weight is 224 g/mol. The highest BCUT2D eigenvalue weighted by Gasteiger charge is 2.29. The summed E-state index contributed by atoms with van der Waals surface area (Å²) in [6.07, 6.45) is 8.82. The van der Waals surface area contributed by atoms with Gasteiger partial charge in [-0.15, -0.1) is 0 Å². The maximum absolute atomic E-state index is 11.9. The van der Waals surface area contributed by atoms with Gasteiger partial charge < -0.3 is 10.2 Å². The predicted octanol–water partition coefficient (Wildman–Crippen LogP) is 2.76. The van der Waals surface area contributed by atoms with Gasteiger partial charge in [-0.2, -0.15) is 0 Å². The van der Waals surface area contributed by atoms with Crippen LogP contribution in [0.4, 0.5) is 4.79 Å². The van der Waals surface area contributed by atoms with Crippen LogP contribution in [0.15, 0.2) is 0 Å². The van der Waals surface area contributed by atoms with Gasteiger partial charge in [-0.25, -0.2) is 4.79 Å². The van der Waals surface area contributed by atoms with Crippen molar-refractivity contribution in [3.8, 4) is 0 Å². The van der Waals surface area contributed by atoms with Crippen LogP contribution in [-0.2, 0) is 0 Å². The van der Waals surface area contributed by atoms with Crippen LogP contribution in [0, 0.1) is 5.41 Å². The molecule has 1 heterocycles. The lowest BCUT2D eigenvalue weighted by molar-refractivity contribution is 0.180. The predicted molar refractivity (Wildman–Crippen MR) is 65.4 cm³/mol. The van der Waals surface area contributed by atoms with Crippen molar-refractivity contribution < 1.29 is 4.79 Å². The van der Waals surface area contributed by atoms with Crippen molar-refractivity contribution in [2.75, 3.05) is 19.6 Å². The first-order valence-corrected chi connectivity index (χ1v) is 6.72. The summed E-state index contributed by atoms with van der Waals surface area (Å²) in [4.78, 5) is 13.9. The van der Waals surface area contributed by atoms with Crippen molar-refractivity contribution in [2.24, 2.45) is 5.41 Å². The first-order valence-electron chi connectivity index (χ1n) is 6.72. The minimum atomic E-state index is 0.160. The topological polar surface area (TPSA) is 32.3 Å². The molecule has 3 nitrogen and oxygen atoms in total. The first kappa shape index (κ1) is 11.7. The van der Waals surface area contributed by atoms with Gasteiger partial charge in [0.15, 0.2) is 0 Å². The first-order chi connectivity index (χ1) is 7.70. The number of hydrogen-bond donors (Lipinski definition) is 1. The zero-order valence-corrected chi connectivity index (χ0v) is 10.4. The Morgan fingerprint density at radius 1 is 1.12 bits per heavy atom. The summed E-state index contributed by atoms with van der Waals surface area (Å²) in [5.41, 5.74) is 0.367. The molecule has 16 heavy (non-hydrogen) atoms. The third kappa shape index (κ3) is 2.89. The highest BCUT2D eigenvalue weighted by atomic mass is 16.2. The molecule has 0 atom stereocenters. The molecule has 0 aromatic heterocycles. The number of hydrogen-bond acceptors (Lipinski definition) is 1. The van der Waals surface area contributed by atoms with E-state index in [9.17, 15) is 4.79 Å². The molecular weight excluding hydrogens is 200 g/mol. The van der Waals surface area contributed by atoms with E-state index >= 15 is 0 Å². The smallest absolute Gasteiger partial charge is 0.317 e. The standard InChI is InChI=1S/C13H24N2O/c1-13(7-3-4-8-13)11-14-12(16)15-9-5-2-6-10-15/h2-11H2,1H3,(H,14,16). The van der Waals surface area contributed by atoms with Crippen LogP contribution in [0.3, 0.4) is 0 Å². The van der Waals surface area contributed by atoms with E-state index in [1.807, 2.05) is 4.90 Å². The summed E-state index contributed by atoms with van der Waals surface area (Å²) in [6.45, 7) is 5.06. The Balaban J connectivity index is 1.74. The molecule has 3 heteroatoms. The van der Waals surface area contributed by atoms with Crippen LogP contribution in [0.25, 0.3) is 0 Å². The second kappa shape index (κ2) is 5.07. The fourth-order valence-corrected chi connectivity index (χ4v) is 2.90. The van der Waals surface area contributed by atoms with Gasteiger partial charge in [0.25, 0.3) is 0 Å². The zero-order valence-electron chi connectivity index (χ0n) is 10.4. The number of urea groups is 1. The quantitative estimate of drug-likeness (QED) is 0.768. The molecule has 0 radical (unpaired) electrons. The van der Waals surface area contributed by atoms with Crippen LogP contribution < -0.4 is 5.32 Å². The summed E-state index contributed by atoms with van der Waals surface area (Å²) in [5.74, 6) is 0. The lowest BCUT2D eigenvalue weighted by Gasteiger charge is -2.30. The monoisotopic (exact) mass is 224 g/mol. The normalized spacial score (nSPS) is 24.4. The van der Waals surface area contributed by atoms with Crippen LogP contribution in [0.2, 0.25) is 0 Å². The van der Waals surface area contributed by atoms with Crippen molar-refractivity contribution in [3.63, 3.8) is 0 Å². The number of nitrogens with one attached hydrogen (secondary N) is 1. The molecule has 1 aliphatic carbocycles. The van der Waals surface area contributed by atoms with Crippen molar-refractivity contribution in [1.29, 1.82) is 0 Å². The molecule has 1 aliphatic heterocycles. The molecular formula is C13H24N2O. The third-order valence-corrected chi connectivity index (χ3v) is 4.12. The van der Waals surface area contributed by atoms with E-state index in [0.717, 1.165) is 19.6 Å². The van der Waals surface area contributed by atoms with E-state index in [4.69, 9.17) is 0 Å². The largest absolute Gasteiger partial charge is 0.337 e. The summed E-state index contributed by atoms with van der Waals surface area (Å²) in [5, 5.41) is 3.12. The van der Waals surface area contributed by atoms with Crippen LogP contribution in [-0.4, -0.2) is 30.6 Å². The van der Waals surface area contributed by atoms with Crippen LogP contribution in [0.5, 0.6) is 0 Å². The second-order valence-corrected chi connectivity index (χ2v) is 5.72. The number of rotatable bonds is 2. The van der Waals surface area contributed by atoms with Gasteiger partial charge >= 0.3 is 6.03 Å². The van der Waals surface area contributed by atoms with Gasteiger partial charge in [0.2, 0.25) is 0 Å². The van der Waals surface area contributed by atoms with Gasteiger partial charge in [0, 0.05) is 19.6 Å². The molecule has 2 aliphatic rings. The van der Waals surface area contributed by atoms with E-state index in [1.165, 1.54) is 44.9 Å². The third-order valence-electron chi connectivity index (χ3n) is 4.12. The van der Waals surface area contributed by atoms with Gasteiger partial charge in [-0.3, -0.25) is 0 Å². The number of nitrogens with zero attached hydrogens (tertiary/aromatic N) is 1. The van der Waals surface area contributed by atoms with Gasteiger partial charge in [-0.05, 0) is 37.5 Å². The molecule has 2 amide bonds. The number of likely N-dealkylation sites (tertiary alicyclic amines) is 1. The van der Waals surface area contributed by atoms with Gasteiger partial charge in [0.05, 0.1) is 0 Å². The fraction of sp³-hybridized carbons (Fsp3) is 0.923. The summed E-state index contributed by atoms with van der Waals surface area (Å²) in [7, 11) is 0. The minimum absolute atomic E-state index is 0.160. The Kier molecular flexibility index (Phi) is 3.72. The molecule has 1 saturated heterocycles. The molecule has 1 N–H and O–H groups in total. The Morgan fingerprint density at radius 3 is 2.38 bits per heavy atom. The lowest BCUT2D eigenvalue weighted by atomic mass is 9.89. The Labute approximate surface area is 98.6 Å². The van der Waals surface area contributed by atoms with E-state index in [0.29, 0.717) is 5.41 Å².